The molecule has 7 nitrogen and oxygen atoms in total. The number of ketones is 1. The zero-order valence-electron chi connectivity index (χ0n) is 13.4. The van der Waals surface area contributed by atoms with Crippen molar-refractivity contribution in [3.05, 3.63) is 29.8 Å². The quantitative estimate of drug-likeness (QED) is 0.480. The third-order valence-corrected chi connectivity index (χ3v) is 3.09. The van der Waals surface area contributed by atoms with Gasteiger partial charge in [0.05, 0.1) is 13.2 Å². The number of methoxy groups -OCH3 is 1. The van der Waals surface area contributed by atoms with Gasteiger partial charge in [-0.1, -0.05) is 18.2 Å². The number of para-hydroxylation sites is 1. The van der Waals surface area contributed by atoms with Crippen molar-refractivity contribution >= 4 is 23.6 Å². The highest BCUT2D eigenvalue weighted by Crippen LogP contribution is 2.31. The van der Waals surface area contributed by atoms with Crippen molar-refractivity contribution in [3.63, 3.8) is 0 Å². The number of esters is 2. The van der Waals surface area contributed by atoms with Gasteiger partial charge in [-0.15, -0.1) is 0 Å². The monoisotopic (exact) mass is 321 g/mol. The first-order chi connectivity index (χ1) is 10.8. The fourth-order valence-corrected chi connectivity index (χ4v) is 2.21. The van der Waals surface area contributed by atoms with Gasteiger partial charge in [-0.25, -0.2) is 0 Å². The van der Waals surface area contributed by atoms with Crippen LogP contribution in [0.4, 0.5) is 0 Å². The van der Waals surface area contributed by atoms with Crippen molar-refractivity contribution < 1.29 is 28.7 Å². The molecule has 2 atom stereocenters. The molecular weight excluding hydrogens is 302 g/mol. The van der Waals surface area contributed by atoms with Gasteiger partial charge in [0.25, 0.3) is 0 Å². The maximum atomic E-state index is 12.0. The summed E-state index contributed by atoms with van der Waals surface area (Å²) >= 11 is 0. The zero-order chi connectivity index (χ0) is 17.6. The normalized spacial score (nSPS) is 12.7. The summed E-state index contributed by atoms with van der Waals surface area (Å²) in [5, 5.41) is 2.55. The van der Waals surface area contributed by atoms with Gasteiger partial charge in [0.2, 0.25) is 5.91 Å². The number of amides is 1. The molecule has 1 rings (SSSR count). The third-order valence-electron chi connectivity index (χ3n) is 3.09. The summed E-state index contributed by atoms with van der Waals surface area (Å²) in [7, 11) is 1.15. The lowest BCUT2D eigenvalue weighted by molar-refractivity contribution is -0.150. The van der Waals surface area contributed by atoms with Crippen molar-refractivity contribution in [2.75, 3.05) is 7.11 Å². The SMILES string of the molecule is COC(=O)C(C(C)=O)C(NC(C)=O)c1ccccc1OC(C)=O. The van der Waals surface area contributed by atoms with Crippen LogP contribution in [0.15, 0.2) is 24.3 Å². The molecule has 124 valence electrons. The predicted molar refractivity (Wildman–Crippen MR) is 80.5 cm³/mol. The number of carbonyl (C=O) groups is 4. The smallest absolute Gasteiger partial charge is 0.318 e. The van der Waals surface area contributed by atoms with E-state index in [0.29, 0.717) is 5.56 Å². The molecule has 7 heteroatoms. The van der Waals surface area contributed by atoms with Gasteiger partial charge in [-0.05, 0) is 13.0 Å². The minimum absolute atomic E-state index is 0.161. The maximum absolute atomic E-state index is 12.0. The molecule has 0 saturated heterocycles. The van der Waals surface area contributed by atoms with E-state index in [1.807, 2.05) is 0 Å². The number of hydrogen-bond acceptors (Lipinski definition) is 6. The second kappa shape index (κ2) is 8.07. The molecule has 0 fully saturated rings. The van der Waals surface area contributed by atoms with Gasteiger partial charge >= 0.3 is 11.9 Å². The topological polar surface area (TPSA) is 98.8 Å². The Hall–Kier alpha value is -2.70. The Labute approximate surface area is 134 Å². The molecule has 1 aromatic rings. The molecular formula is C16H19NO6. The number of ether oxygens (including phenoxy) is 2. The Morgan fingerprint density at radius 2 is 1.65 bits per heavy atom. The Balaban J connectivity index is 3.41. The lowest BCUT2D eigenvalue weighted by Crippen LogP contribution is -2.40. The second-order valence-corrected chi connectivity index (χ2v) is 4.92. The second-order valence-electron chi connectivity index (χ2n) is 4.92. The average molecular weight is 321 g/mol. The van der Waals surface area contributed by atoms with E-state index in [4.69, 9.17) is 4.74 Å². The number of nitrogens with one attached hydrogen (secondary N) is 1. The first-order valence-corrected chi connectivity index (χ1v) is 6.90. The molecule has 0 heterocycles. The molecule has 1 aromatic carbocycles. The van der Waals surface area contributed by atoms with E-state index >= 15 is 0 Å². The number of hydrogen-bond donors (Lipinski definition) is 1. The number of rotatable bonds is 6. The molecule has 0 aliphatic carbocycles. The van der Waals surface area contributed by atoms with Gasteiger partial charge in [-0.2, -0.15) is 0 Å². The van der Waals surface area contributed by atoms with Crippen LogP contribution in [0, 0.1) is 5.92 Å². The molecule has 1 N–H and O–H groups in total. The van der Waals surface area contributed by atoms with E-state index in [1.54, 1.807) is 18.2 Å². The molecule has 0 bridgehead atoms. The molecule has 0 aromatic heterocycles. The van der Waals surface area contributed by atoms with Gasteiger partial charge in [0.15, 0.2) is 0 Å². The van der Waals surface area contributed by atoms with Crippen LogP contribution in [0.5, 0.6) is 5.75 Å². The van der Waals surface area contributed by atoms with Crippen molar-refractivity contribution in [1.29, 1.82) is 0 Å². The first kappa shape index (κ1) is 18.3. The number of Topliss-reactive ketones (excluding diaryl/α,β-unsaturated/α-hetero) is 1. The van der Waals surface area contributed by atoms with Gasteiger partial charge in [-0.3, -0.25) is 19.2 Å². The van der Waals surface area contributed by atoms with Crippen LogP contribution in [-0.2, 0) is 23.9 Å². The lowest BCUT2D eigenvalue weighted by atomic mass is 9.89. The lowest BCUT2D eigenvalue weighted by Gasteiger charge is -2.25. The summed E-state index contributed by atoms with van der Waals surface area (Å²) in [5.74, 6) is -3.35. The number of carbonyl (C=O) groups excluding carboxylic acids is 4. The summed E-state index contributed by atoms with van der Waals surface area (Å²) in [6.07, 6.45) is 0. The third kappa shape index (κ3) is 4.91. The highest BCUT2D eigenvalue weighted by molar-refractivity contribution is 5.99. The molecule has 2 unspecified atom stereocenters. The van der Waals surface area contributed by atoms with E-state index in [9.17, 15) is 19.2 Å². The van der Waals surface area contributed by atoms with E-state index < -0.39 is 35.6 Å². The first-order valence-electron chi connectivity index (χ1n) is 6.90. The Bertz CT molecular complexity index is 625. The van der Waals surface area contributed by atoms with Crippen LogP contribution in [0.1, 0.15) is 32.4 Å². The predicted octanol–water partition coefficient (Wildman–Crippen LogP) is 1.17. The minimum atomic E-state index is -1.25. The fraction of sp³-hybridized carbons (Fsp3) is 0.375. The fourth-order valence-electron chi connectivity index (χ4n) is 2.21. The van der Waals surface area contributed by atoms with E-state index in [1.165, 1.54) is 26.8 Å². The van der Waals surface area contributed by atoms with Crippen LogP contribution >= 0.6 is 0 Å². The van der Waals surface area contributed by atoms with Crippen LogP contribution < -0.4 is 10.1 Å². The summed E-state index contributed by atoms with van der Waals surface area (Å²) in [6, 6.07) is 5.35. The molecule has 0 spiro atoms. The van der Waals surface area contributed by atoms with Crippen molar-refractivity contribution in [2.24, 2.45) is 5.92 Å². The Morgan fingerprint density at radius 1 is 1.04 bits per heavy atom. The van der Waals surface area contributed by atoms with Crippen molar-refractivity contribution in [3.8, 4) is 5.75 Å². The van der Waals surface area contributed by atoms with Crippen LogP contribution in [-0.4, -0.2) is 30.7 Å². The molecule has 1 amide bonds. The van der Waals surface area contributed by atoms with Crippen LogP contribution in [0.25, 0.3) is 0 Å². The van der Waals surface area contributed by atoms with Gasteiger partial charge in [0.1, 0.15) is 17.5 Å². The highest BCUT2D eigenvalue weighted by atomic mass is 16.5. The van der Waals surface area contributed by atoms with Gasteiger partial charge < -0.3 is 14.8 Å². The van der Waals surface area contributed by atoms with E-state index in [-0.39, 0.29) is 5.75 Å². The van der Waals surface area contributed by atoms with Crippen molar-refractivity contribution in [1.82, 2.24) is 5.32 Å². The maximum Gasteiger partial charge on any atom is 0.318 e. The molecule has 0 radical (unpaired) electrons. The molecule has 23 heavy (non-hydrogen) atoms. The van der Waals surface area contributed by atoms with E-state index in [2.05, 4.69) is 10.1 Å². The van der Waals surface area contributed by atoms with Gasteiger partial charge in [0, 0.05) is 19.4 Å². The average Bonchev–Trinajstić information content (AvgIpc) is 2.45. The summed E-state index contributed by atoms with van der Waals surface area (Å²) in [5.41, 5.74) is 0.337. The highest BCUT2D eigenvalue weighted by Gasteiger charge is 2.36. The zero-order valence-corrected chi connectivity index (χ0v) is 13.4. The summed E-state index contributed by atoms with van der Waals surface area (Å²) < 4.78 is 9.76. The molecule has 0 aliphatic heterocycles. The van der Waals surface area contributed by atoms with Crippen LogP contribution in [0.3, 0.4) is 0 Å². The Kier molecular flexibility index (Phi) is 6.44. The van der Waals surface area contributed by atoms with Crippen molar-refractivity contribution in [2.45, 2.75) is 26.8 Å². The van der Waals surface area contributed by atoms with Crippen LogP contribution in [0.2, 0.25) is 0 Å². The molecule has 0 aliphatic rings. The minimum Gasteiger partial charge on any atom is -0.468 e. The largest absolute Gasteiger partial charge is 0.468 e. The summed E-state index contributed by atoms with van der Waals surface area (Å²) in [6.45, 7) is 3.72. The number of benzene rings is 1. The molecule has 0 saturated carbocycles. The standard InChI is InChI=1S/C16H19NO6/c1-9(18)14(16(21)22-4)15(17-10(2)19)12-7-5-6-8-13(12)23-11(3)20/h5-8,14-15H,1-4H3,(H,17,19). The summed E-state index contributed by atoms with van der Waals surface area (Å²) in [4.78, 5) is 46.6. The Morgan fingerprint density at radius 3 is 2.13 bits per heavy atom. The van der Waals surface area contributed by atoms with E-state index in [0.717, 1.165) is 7.11 Å².